The van der Waals surface area contributed by atoms with Gasteiger partial charge in [-0.2, -0.15) is 0 Å². The molecule has 0 spiro atoms. The van der Waals surface area contributed by atoms with Gasteiger partial charge in [-0.3, -0.25) is 9.59 Å². The van der Waals surface area contributed by atoms with Crippen LogP contribution in [0.1, 0.15) is 49.9 Å². The van der Waals surface area contributed by atoms with E-state index in [1.165, 1.54) is 6.42 Å². The van der Waals surface area contributed by atoms with E-state index < -0.39 is 0 Å². The Balaban J connectivity index is 1.55. The first kappa shape index (κ1) is 18.7. The first-order valence-electron chi connectivity index (χ1n) is 9.61. The second kappa shape index (κ2) is 8.54. The Hall–Kier alpha value is -2.08. The Labute approximate surface area is 155 Å². The Morgan fingerprint density at radius 3 is 3.00 bits per heavy atom. The topological polar surface area (TPSA) is 70.7 Å². The maximum absolute atomic E-state index is 12.6. The molecule has 3 rings (SSSR count). The predicted molar refractivity (Wildman–Crippen MR) is 102 cm³/mol. The van der Waals surface area contributed by atoms with E-state index in [9.17, 15) is 9.59 Å². The maximum atomic E-state index is 12.6. The molecule has 2 heterocycles. The second-order valence-corrected chi connectivity index (χ2v) is 7.67. The molecule has 0 saturated carbocycles. The lowest BCUT2D eigenvalue weighted by Gasteiger charge is -2.21. The van der Waals surface area contributed by atoms with Crippen LogP contribution < -0.4 is 15.4 Å². The number of fused-ring (bicyclic) bond motifs is 1. The molecular weight excluding hydrogens is 330 g/mol. The molecule has 2 amide bonds. The lowest BCUT2D eigenvalue weighted by molar-refractivity contribution is -0.118. The molecule has 1 atom stereocenters. The molecule has 2 N–H and O–H groups in total. The molecule has 1 fully saturated rings. The molecule has 6 heteroatoms. The van der Waals surface area contributed by atoms with Crippen molar-refractivity contribution in [3.63, 3.8) is 0 Å². The fraction of sp³-hybridized carbons (Fsp3) is 0.600. The van der Waals surface area contributed by atoms with Crippen molar-refractivity contribution in [3.8, 4) is 5.75 Å². The molecule has 1 aromatic rings. The number of nitrogens with zero attached hydrogens (tertiary/aromatic N) is 1. The van der Waals surface area contributed by atoms with E-state index in [-0.39, 0.29) is 24.5 Å². The Bertz CT molecular complexity index is 660. The summed E-state index contributed by atoms with van der Waals surface area (Å²) < 4.78 is 5.34. The fourth-order valence-corrected chi connectivity index (χ4v) is 3.46. The van der Waals surface area contributed by atoms with Crippen molar-refractivity contribution < 1.29 is 14.3 Å². The van der Waals surface area contributed by atoms with E-state index in [2.05, 4.69) is 29.4 Å². The first-order valence-corrected chi connectivity index (χ1v) is 9.61. The van der Waals surface area contributed by atoms with Crippen LogP contribution >= 0.6 is 0 Å². The minimum atomic E-state index is -0.194. The molecule has 1 unspecified atom stereocenters. The predicted octanol–water partition coefficient (Wildman–Crippen LogP) is 2.65. The van der Waals surface area contributed by atoms with Crippen molar-refractivity contribution in [2.45, 2.75) is 45.6 Å². The van der Waals surface area contributed by atoms with E-state index in [0.29, 0.717) is 17.0 Å². The summed E-state index contributed by atoms with van der Waals surface area (Å²) in [5, 5.41) is 5.91. The lowest BCUT2D eigenvalue weighted by Crippen LogP contribution is -2.36. The third-order valence-corrected chi connectivity index (χ3v) is 5.05. The largest absolute Gasteiger partial charge is 0.482 e. The molecule has 0 aliphatic carbocycles. The quantitative estimate of drug-likeness (QED) is 0.848. The number of carbonyl (C=O) groups excluding carboxylic acids is 2. The SMILES string of the molecule is CC(C)CCN1CCCC(NC(=O)c2ccc3c(c2)NC(=O)CO3)CC1. The van der Waals surface area contributed by atoms with Gasteiger partial charge in [0, 0.05) is 18.2 Å². The monoisotopic (exact) mass is 359 g/mol. The van der Waals surface area contributed by atoms with Gasteiger partial charge in [-0.15, -0.1) is 0 Å². The molecule has 1 aromatic carbocycles. The molecule has 1 saturated heterocycles. The Morgan fingerprint density at radius 1 is 1.35 bits per heavy atom. The minimum absolute atomic E-state index is 0.0218. The highest BCUT2D eigenvalue weighted by molar-refractivity contribution is 5.99. The van der Waals surface area contributed by atoms with Crippen LogP contribution in [-0.4, -0.2) is 49.0 Å². The number of hydrogen-bond acceptors (Lipinski definition) is 4. The zero-order chi connectivity index (χ0) is 18.5. The summed E-state index contributed by atoms with van der Waals surface area (Å²) in [6, 6.07) is 5.38. The minimum Gasteiger partial charge on any atom is -0.482 e. The van der Waals surface area contributed by atoms with Gasteiger partial charge in [-0.25, -0.2) is 0 Å². The summed E-state index contributed by atoms with van der Waals surface area (Å²) in [6.45, 7) is 7.82. The van der Waals surface area contributed by atoms with Crippen molar-refractivity contribution >= 4 is 17.5 Å². The summed E-state index contributed by atoms with van der Waals surface area (Å²) >= 11 is 0. The summed E-state index contributed by atoms with van der Waals surface area (Å²) in [7, 11) is 0. The van der Waals surface area contributed by atoms with Gasteiger partial charge in [0.25, 0.3) is 11.8 Å². The summed E-state index contributed by atoms with van der Waals surface area (Å²) in [5.74, 6) is 1.05. The van der Waals surface area contributed by atoms with E-state index in [0.717, 1.165) is 44.8 Å². The van der Waals surface area contributed by atoms with Crippen molar-refractivity contribution in [2.75, 3.05) is 31.6 Å². The van der Waals surface area contributed by atoms with Crippen LogP contribution in [0.3, 0.4) is 0 Å². The zero-order valence-electron chi connectivity index (χ0n) is 15.7. The lowest BCUT2D eigenvalue weighted by atomic mass is 10.1. The van der Waals surface area contributed by atoms with Crippen LogP contribution in [0.5, 0.6) is 5.75 Å². The van der Waals surface area contributed by atoms with Gasteiger partial charge in [0.1, 0.15) is 5.75 Å². The van der Waals surface area contributed by atoms with Crippen LogP contribution in [0.2, 0.25) is 0 Å². The molecule has 6 nitrogen and oxygen atoms in total. The van der Waals surface area contributed by atoms with Gasteiger partial charge in [0.15, 0.2) is 6.61 Å². The summed E-state index contributed by atoms with van der Waals surface area (Å²) in [4.78, 5) is 26.6. The molecular formula is C20H29N3O3. The number of anilines is 1. The fourth-order valence-electron chi connectivity index (χ4n) is 3.46. The van der Waals surface area contributed by atoms with E-state index in [4.69, 9.17) is 4.74 Å². The molecule has 26 heavy (non-hydrogen) atoms. The first-order chi connectivity index (χ1) is 12.5. The third-order valence-electron chi connectivity index (χ3n) is 5.05. The van der Waals surface area contributed by atoms with Gasteiger partial charge < -0.3 is 20.3 Å². The van der Waals surface area contributed by atoms with E-state index in [1.54, 1.807) is 18.2 Å². The highest BCUT2D eigenvalue weighted by atomic mass is 16.5. The van der Waals surface area contributed by atoms with Gasteiger partial charge in [-0.1, -0.05) is 13.8 Å². The molecule has 0 aromatic heterocycles. The highest BCUT2D eigenvalue weighted by Crippen LogP contribution is 2.28. The van der Waals surface area contributed by atoms with Crippen LogP contribution in [0, 0.1) is 5.92 Å². The molecule has 142 valence electrons. The normalized spacial score (nSPS) is 20.7. The highest BCUT2D eigenvalue weighted by Gasteiger charge is 2.21. The van der Waals surface area contributed by atoms with Crippen LogP contribution in [0.15, 0.2) is 18.2 Å². The van der Waals surface area contributed by atoms with Gasteiger partial charge in [0.2, 0.25) is 0 Å². The molecule has 2 aliphatic rings. The van der Waals surface area contributed by atoms with Crippen molar-refractivity contribution in [1.82, 2.24) is 10.2 Å². The van der Waals surface area contributed by atoms with E-state index in [1.807, 2.05) is 0 Å². The number of carbonyl (C=O) groups is 2. The standard InChI is InChI=1S/C20H29N3O3/c1-14(2)7-10-23-9-3-4-16(8-11-23)21-20(25)15-5-6-18-17(12-15)22-19(24)13-26-18/h5-6,12,14,16H,3-4,7-11,13H2,1-2H3,(H,21,25)(H,22,24). The van der Waals surface area contributed by atoms with Crippen molar-refractivity contribution in [1.29, 1.82) is 0 Å². The van der Waals surface area contributed by atoms with Gasteiger partial charge in [-0.05, 0) is 62.9 Å². The summed E-state index contributed by atoms with van der Waals surface area (Å²) in [5.41, 5.74) is 1.12. The smallest absolute Gasteiger partial charge is 0.262 e. The van der Waals surface area contributed by atoms with Crippen molar-refractivity contribution in [2.24, 2.45) is 5.92 Å². The Morgan fingerprint density at radius 2 is 2.19 bits per heavy atom. The maximum Gasteiger partial charge on any atom is 0.262 e. The van der Waals surface area contributed by atoms with Crippen LogP contribution in [-0.2, 0) is 4.79 Å². The zero-order valence-corrected chi connectivity index (χ0v) is 15.7. The number of rotatable bonds is 5. The number of amides is 2. The number of benzene rings is 1. The average Bonchev–Trinajstić information content (AvgIpc) is 2.84. The summed E-state index contributed by atoms with van der Waals surface area (Å²) in [6.07, 6.45) is 4.32. The van der Waals surface area contributed by atoms with Crippen molar-refractivity contribution in [3.05, 3.63) is 23.8 Å². The third kappa shape index (κ3) is 4.97. The number of likely N-dealkylation sites (tertiary alicyclic amines) is 1. The molecule has 0 bridgehead atoms. The Kier molecular flexibility index (Phi) is 6.14. The second-order valence-electron chi connectivity index (χ2n) is 7.67. The molecule has 2 aliphatic heterocycles. The number of nitrogens with one attached hydrogen (secondary N) is 2. The van der Waals surface area contributed by atoms with Gasteiger partial charge >= 0.3 is 0 Å². The van der Waals surface area contributed by atoms with Gasteiger partial charge in [0.05, 0.1) is 5.69 Å². The van der Waals surface area contributed by atoms with E-state index >= 15 is 0 Å². The number of ether oxygens (including phenoxy) is 1. The van der Waals surface area contributed by atoms with Crippen LogP contribution in [0.25, 0.3) is 0 Å². The number of hydrogen-bond donors (Lipinski definition) is 2. The van der Waals surface area contributed by atoms with Crippen LogP contribution in [0.4, 0.5) is 5.69 Å². The molecule has 0 radical (unpaired) electrons. The average molecular weight is 359 g/mol.